The number of benzene rings is 1. The molecule has 1 saturated heterocycles. The molecule has 1 N–H and O–H groups in total. The van der Waals surface area contributed by atoms with Crippen LogP contribution >= 0.6 is 15.9 Å². The van der Waals surface area contributed by atoms with Crippen molar-refractivity contribution in [1.82, 2.24) is 4.90 Å². The van der Waals surface area contributed by atoms with E-state index in [1.165, 1.54) is 0 Å². The van der Waals surface area contributed by atoms with Crippen LogP contribution in [0.25, 0.3) is 0 Å². The zero-order valence-corrected chi connectivity index (χ0v) is 13.5. The van der Waals surface area contributed by atoms with Crippen LogP contribution in [0.15, 0.2) is 28.7 Å². The van der Waals surface area contributed by atoms with Crippen LogP contribution in [-0.4, -0.2) is 35.0 Å². The van der Waals surface area contributed by atoms with Crippen LogP contribution < -0.4 is 0 Å². The van der Waals surface area contributed by atoms with Crippen LogP contribution in [0.3, 0.4) is 0 Å². The van der Waals surface area contributed by atoms with Gasteiger partial charge in [-0.3, -0.25) is 9.59 Å². The summed E-state index contributed by atoms with van der Waals surface area (Å²) < 4.78 is 1.01. The highest BCUT2D eigenvalue weighted by Gasteiger charge is 2.23. The Morgan fingerprint density at radius 2 is 1.81 bits per heavy atom. The van der Waals surface area contributed by atoms with E-state index in [-0.39, 0.29) is 12.3 Å². The highest BCUT2D eigenvalue weighted by atomic mass is 79.9. The number of aliphatic carboxylic acids is 1. The molecule has 1 aromatic carbocycles. The minimum absolute atomic E-state index is 0.161. The van der Waals surface area contributed by atoms with Crippen molar-refractivity contribution in [3.8, 4) is 0 Å². The van der Waals surface area contributed by atoms with Crippen molar-refractivity contribution in [1.29, 1.82) is 0 Å². The normalized spacial score (nSPS) is 16.0. The van der Waals surface area contributed by atoms with Gasteiger partial charge in [-0.25, -0.2) is 0 Å². The third-order valence-corrected chi connectivity index (χ3v) is 4.53. The van der Waals surface area contributed by atoms with Crippen molar-refractivity contribution in [2.75, 3.05) is 13.1 Å². The molecule has 1 fully saturated rings. The van der Waals surface area contributed by atoms with E-state index in [1.54, 1.807) is 0 Å². The number of nitrogens with zero attached hydrogens (tertiary/aromatic N) is 1. The number of hydrogen-bond acceptors (Lipinski definition) is 2. The highest BCUT2D eigenvalue weighted by Crippen LogP contribution is 2.22. The third-order valence-electron chi connectivity index (χ3n) is 4.00. The number of likely N-dealkylation sites (tertiary alicyclic amines) is 1. The van der Waals surface area contributed by atoms with E-state index in [9.17, 15) is 9.59 Å². The van der Waals surface area contributed by atoms with E-state index >= 15 is 0 Å². The van der Waals surface area contributed by atoms with Crippen LogP contribution in [0.4, 0.5) is 0 Å². The van der Waals surface area contributed by atoms with E-state index in [1.807, 2.05) is 29.2 Å². The fraction of sp³-hybridized carbons (Fsp3) is 0.500. The summed E-state index contributed by atoms with van der Waals surface area (Å²) in [6, 6.07) is 7.81. The summed E-state index contributed by atoms with van der Waals surface area (Å²) in [5, 5.41) is 8.70. The first-order valence-corrected chi connectivity index (χ1v) is 8.08. The Morgan fingerprint density at radius 3 is 2.38 bits per heavy atom. The van der Waals surface area contributed by atoms with Crippen molar-refractivity contribution in [3.05, 3.63) is 34.3 Å². The predicted octanol–water partition coefficient (Wildman–Crippen LogP) is 3.10. The summed E-state index contributed by atoms with van der Waals surface area (Å²) in [6.45, 7) is 1.50. The van der Waals surface area contributed by atoms with Crippen LogP contribution in [0.1, 0.15) is 31.2 Å². The molecule has 0 saturated carbocycles. The first-order valence-electron chi connectivity index (χ1n) is 7.28. The molecule has 1 amide bonds. The van der Waals surface area contributed by atoms with Crippen molar-refractivity contribution in [3.63, 3.8) is 0 Å². The lowest BCUT2D eigenvalue weighted by atomic mass is 9.92. The van der Waals surface area contributed by atoms with Crippen LogP contribution in [0.2, 0.25) is 0 Å². The number of hydrogen-bond donors (Lipinski definition) is 1. The van der Waals surface area contributed by atoms with Gasteiger partial charge in [0.15, 0.2) is 0 Å². The second-order valence-electron chi connectivity index (χ2n) is 5.56. The van der Waals surface area contributed by atoms with E-state index in [2.05, 4.69) is 15.9 Å². The Balaban J connectivity index is 1.77. The highest BCUT2D eigenvalue weighted by molar-refractivity contribution is 9.10. The molecule has 0 spiro atoms. The first kappa shape index (κ1) is 16.0. The van der Waals surface area contributed by atoms with E-state index in [0.717, 1.165) is 42.4 Å². The molecule has 114 valence electrons. The van der Waals surface area contributed by atoms with Crippen LogP contribution in [0.5, 0.6) is 0 Å². The Hall–Kier alpha value is -1.36. The molecule has 21 heavy (non-hydrogen) atoms. The Bertz CT molecular complexity index is 493. The average molecular weight is 354 g/mol. The first-order chi connectivity index (χ1) is 10.0. The number of carboxylic acid groups (broad SMARTS) is 1. The molecule has 0 aliphatic carbocycles. The SMILES string of the molecule is O=C(O)CCC1CCN(C(=O)Cc2ccc(Br)cc2)CC1. The number of halogens is 1. The van der Waals surface area contributed by atoms with Gasteiger partial charge < -0.3 is 10.0 Å². The number of amides is 1. The van der Waals surface area contributed by atoms with Gasteiger partial charge >= 0.3 is 5.97 Å². The molecule has 1 aliphatic heterocycles. The number of rotatable bonds is 5. The third kappa shape index (κ3) is 5.16. The molecule has 0 unspecified atom stereocenters. The van der Waals surface area contributed by atoms with Crippen molar-refractivity contribution < 1.29 is 14.7 Å². The van der Waals surface area contributed by atoms with Gasteiger partial charge in [-0.1, -0.05) is 28.1 Å². The summed E-state index contributed by atoms with van der Waals surface area (Å²) in [7, 11) is 0. The standard InChI is InChI=1S/C16H20BrNO3/c17-14-4-1-13(2-5-14)11-15(19)18-9-7-12(8-10-18)3-6-16(20)21/h1-2,4-5,12H,3,6-11H2,(H,20,21). The van der Waals surface area contributed by atoms with Gasteiger partial charge in [-0.05, 0) is 42.9 Å². The second kappa shape index (κ2) is 7.59. The molecular weight excluding hydrogens is 334 g/mol. The number of carbonyl (C=O) groups is 2. The fourth-order valence-electron chi connectivity index (χ4n) is 2.69. The van der Waals surface area contributed by atoms with Gasteiger partial charge in [0, 0.05) is 24.0 Å². The topological polar surface area (TPSA) is 57.6 Å². The van der Waals surface area contributed by atoms with Gasteiger partial charge in [-0.15, -0.1) is 0 Å². The minimum Gasteiger partial charge on any atom is -0.481 e. The minimum atomic E-state index is -0.733. The molecule has 0 atom stereocenters. The average Bonchev–Trinajstić information content (AvgIpc) is 2.48. The maximum absolute atomic E-state index is 12.2. The van der Waals surface area contributed by atoms with Crippen molar-refractivity contribution in [2.45, 2.75) is 32.1 Å². The smallest absolute Gasteiger partial charge is 0.303 e. The van der Waals surface area contributed by atoms with Crippen LogP contribution in [0, 0.1) is 5.92 Å². The Kier molecular flexibility index (Phi) is 5.79. The second-order valence-corrected chi connectivity index (χ2v) is 6.48. The quantitative estimate of drug-likeness (QED) is 0.884. The van der Waals surface area contributed by atoms with Crippen LogP contribution in [-0.2, 0) is 16.0 Å². The fourth-order valence-corrected chi connectivity index (χ4v) is 2.95. The molecular formula is C16H20BrNO3. The van der Waals surface area contributed by atoms with Gasteiger partial charge in [-0.2, -0.15) is 0 Å². The molecule has 4 nitrogen and oxygen atoms in total. The number of piperidine rings is 1. The predicted molar refractivity (Wildman–Crippen MR) is 84.0 cm³/mol. The lowest BCUT2D eigenvalue weighted by Gasteiger charge is -2.32. The number of carboxylic acids is 1. The molecule has 5 heteroatoms. The summed E-state index contributed by atoms with van der Waals surface area (Å²) >= 11 is 3.38. The Morgan fingerprint density at radius 1 is 1.19 bits per heavy atom. The Labute approximate surface area is 133 Å². The van der Waals surface area contributed by atoms with Gasteiger partial charge in [0.2, 0.25) is 5.91 Å². The van der Waals surface area contributed by atoms with E-state index < -0.39 is 5.97 Å². The van der Waals surface area contributed by atoms with Crippen molar-refractivity contribution in [2.24, 2.45) is 5.92 Å². The molecule has 1 heterocycles. The molecule has 2 rings (SSSR count). The summed E-state index contributed by atoms with van der Waals surface area (Å²) in [5.74, 6) is -0.129. The van der Waals surface area contributed by atoms with Gasteiger partial charge in [0.1, 0.15) is 0 Å². The largest absolute Gasteiger partial charge is 0.481 e. The zero-order chi connectivity index (χ0) is 15.2. The summed E-state index contributed by atoms with van der Waals surface area (Å²) in [6.07, 6.45) is 3.23. The molecule has 0 bridgehead atoms. The zero-order valence-electron chi connectivity index (χ0n) is 11.9. The lowest BCUT2D eigenvalue weighted by Crippen LogP contribution is -2.39. The number of carbonyl (C=O) groups excluding carboxylic acids is 1. The lowest BCUT2D eigenvalue weighted by molar-refractivity contribution is -0.138. The van der Waals surface area contributed by atoms with E-state index in [0.29, 0.717) is 12.3 Å². The monoisotopic (exact) mass is 353 g/mol. The van der Waals surface area contributed by atoms with Crippen molar-refractivity contribution >= 4 is 27.8 Å². The molecule has 0 aromatic heterocycles. The molecule has 0 radical (unpaired) electrons. The van der Waals surface area contributed by atoms with E-state index in [4.69, 9.17) is 5.11 Å². The van der Waals surface area contributed by atoms with Gasteiger partial charge in [0.25, 0.3) is 0 Å². The van der Waals surface area contributed by atoms with Gasteiger partial charge in [0.05, 0.1) is 6.42 Å². The maximum Gasteiger partial charge on any atom is 0.303 e. The molecule has 1 aliphatic rings. The maximum atomic E-state index is 12.2. The molecule has 1 aromatic rings. The summed E-state index contributed by atoms with van der Waals surface area (Å²) in [4.78, 5) is 24.7. The summed E-state index contributed by atoms with van der Waals surface area (Å²) in [5.41, 5.74) is 1.02.